The van der Waals surface area contributed by atoms with Crippen LogP contribution in [-0.4, -0.2) is 20.2 Å². The lowest BCUT2D eigenvalue weighted by molar-refractivity contribution is 0.582. The first kappa shape index (κ1) is 16.9. The predicted octanol–water partition coefficient (Wildman–Crippen LogP) is 5.06. The third-order valence-corrected chi connectivity index (χ3v) is 4.31. The molecule has 0 fully saturated rings. The second-order valence-electron chi connectivity index (χ2n) is 6.51. The molecule has 6 heteroatoms. The molecule has 4 rings (SSSR count). The maximum absolute atomic E-state index is 6.04. The van der Waals surface area contributed by atoms with Crippen LogP contribution in [0.3, 0.4) is 0 Å². The van der Waals surface area contributed by atoms with Gasteiger partial charge in [-0.05, 0) is 23.6 Å². The van der Waals surface area contributed by atoms with Gasteiger partial charge in [0.25, 0.3) is 5.89 Å². The van der Waals surface area contributed by atoms with Gasteiger partial charge in [-0.15, -0.1) is 10.2 Å². The van der Waals surface area contributed by atoms with Crippen LogP contribution < -0.4 is 5.73 Å². The van der Waals surface area contributed by atoms with E-state index in [1.807, 2.05) is 48.5 Å². The Hall–Kier alpha value is -3.54. The van der Waals surface area contributed by atoms with Gasteiger partial charge in [-0.3, -0.25) is 0 Å². The zero-order valence-corrected chi connectivity index (χ0v) is 15.1. The summed E-state index contributed by atoms with van der Waals surface area (Å²) >= 11 is 0. The van der Waals surface area contributed by atoms with Gasteiger partial charge in [0.1, 0.15) is 0 Å². The fourth-order valence-electron chi connectivity index (χ4n) is 2.94. The van der Waals surface area contributed by atoms with Crippen LogP contribution in [0, 0.1) is 0 Å². The summed E-state index contributed by atoms with van der Waals surface area (Å²) in [5.74, 6) is 1.28. The molecule has 0 saturated carbocycles. The number of rotatable bonds is 4. The second-order valence-corrected chi connectivity index (χ2v) is 6.51. The minimum Gasteiger partial charge on any atom is -0.414 e. The fourth-order valence-corrected chi connectivity index (χ4v) is 2.94. The summed E-state index contributed by atoms with van der Waals surface area (Å²) in [5.41, 5.74) is 10.2. The lowest BCUT2D eigenvalue weighted by Gasteiger charge is -2.12. The molecule has 0 aliphatic rings. The molecule has 0 spiro atoms. The summed E-state index contributed by atoms with van der Waals surface area (Å²) in [5, 5.41) is 8.23. The number of hydrogen-bond donors (Lipinski definition) is 1. The summed E-state index contributed by atoms with van der Waals surface area (Å²) < 4.78 is 5.80. The molecule has 0 saturated heterocycles. The number of hydrogen-bond acceptors (Lipinski definition) is 6. The third-order valence-electron chi connectivity index (χ3n) is 4.31. The molecule has 0 bridgehead atoms. The highest BCUT2D eigenvalue weighted by Crippen LogP contribution is 2.31. The number of aromatic nitrogens is 4. The molecule has 0 aliphatic carbocycles. The van der Waals surface area contributed by atoms with Crippen molar-refractivity contribution in [2.24, 2.45) is 0 Å². The average molecular weight is 361 g/mol. The monoisotopic (exact) mass is 361 g/mol. The zero-order chi connectivity index (χ0) is 18.8. The normalized spacial score (nSPS) is 11.1. The Labute approximate surface area is 160 Å². The van der Waals surface area contributed by atoms with Crippen molar-refractivity contribution < 1.29 is 7.27 Å². The molecule has 0 unspecified atom stereocenters. The van der Waals surface area contributed by atoms with Crippen molar-refractivity contribution in [1.29, 1.82) is 0 Å². The molecule has 6 nitrogen and oxygen atoms in total. The van der Waals surface area contributed by atoms with E-state index in [1.165, 1.54) is 5.56 Å². The highest BCUT2D eigenvalue weighted by Gasteiger charge is 2.18. The van der Waals surface area contributed by atoms with Crippen LogP contribution in [0.5, 0.6) is 0 Å². The van der Waals surface area contributed by atoms with Crippen LogP contribution >= 0.6 is 0 Å². The number of nitrogens with two attached hydrogens (primary N) is 1. The second kappa shape index (κ2) is 6.99. The van der Waals surface area contributed by atoms with E-state index < -0.39 is 0 Å². The molecule has 0 radical (unpaired) electrons. The van der Waals surface area contributed by atoms with Crippen LogP contribution in [0.4, 0.5) is 5.82 Å². The van der Waals surface area contributed by atoms with Gasteiger partial charge >= 0.3 is 0 Å². The molecule has 0 aliphatic heterocycles. The van der Waals surface area contributed by atoms with Crippen LogP contribution in [0.15, 0.2) is 65.2 Å². The maximum Gasteiger partial charge on any atom is 0.270 e. The van der Waals surface area contributed by atoms with Gasteiger partial charge in [0.15, 0.2) is 11.5 Å². The van der Waals surface area contributed by atoms with Crippen molar-refractivity contribution in [3.8, 4) is 34.3 Å². The van der Waals surface area contributed by atoms with Crippen molar-refractivity contribution in [3.05, 3.63) is 66.4 Å². The van der Waals surface area contributed by atoms with Gasteiger partial charge in [-0.25, -0.2) is 9.97 Å². The smallest absolute Gasteiger partial charge is 0.270 e. The van der Waals surface area contributed by atoms with E-state index in [2.05, 4.69) is 40.1 Å². The Morgan fingerprint density at radius 2 is 1.63 bits per heavy atom. The lowest BCUT2D eigenvalue weighted by Crippen LogP contribution is -2.01. The first-order valence-corrected chi connectivity index (χ1v) is 8.74. The van der Waals surface area contributed by atoms with Crippen LogP contribution in [0.25, 0.3) is 34.3 Å². The van der Waals surface area contributed by atoms with Gasteiger partial charge in [-0.2, -0.15) is 0 Å². The molecule has 2 aromatic carbocycles. The predicted molar refractivity (Wildman–Crippen MR) is 109 cm³/mol. The maximum atomic E-state index is 6.04. The van der Waals surface area contributed by atoms with Crippen LogP contribution in [0.2, 0.25) is 0 Å². The molecular formula is C21H23N5O. The zero-order valence-electron chi connectivity index (χ0n) is 15.1. The average Bonchev–Trinajstić information content (AvgIpc) is 3.19. The molecule has 138 valence electrons. The van der Waals surface area contributed by atoms with Gasteiger partial charge in [0.2, 0.25) is 5.89 Å². The van der Waals surface area contributed by atoms with Gasteiger partial charge in [0.05, 0.1) is 11.9 Å². The quantitative estimate of drug-likeness (QED) is 0.546. The standard InChI is InChI=1S/C21H19N5O.2H2/c1-13(2)15-10-6-7-11-16(15)17-12-23-19(22)18(24-17)21-26-25-20(27-21)14-8-4-3-5-9-14;;/h3-13H,1-2H3,(H2,22,23);2*1H. The van der Waals surface area contributed by atoms with E-state index in [0.717, 1.165) is 16.8 Å². The van der Waals surface area contributed by atoms with Crippen LogP contribution in [0.1, 0.15) is 28.2 Å². The highest BCUT2D eigenvalue weighted by atomic mass is 16.4. The molecule has 0 atom stereocenters. The number of benzene rings is 2. The number of anilines is 1. The number of nitrogen functional groups attached to an aromatic ring is 1. The van der Waals surface area contributed by atoms with Crippen molar-refractivity contribution in [2.45, 2.75) is 19.8 Å². The van der Waals surface area contributed by atoms with E-state index >= 15 is 0 Å². The van der Waals surface area contributed by atoms with E-state index in [-0.39, 0.29) is 14.6 Å². The van der Waals surface area contributed by atoms with Gasteiger partial charge in [-0.1, -0.05) is 56.3 Å². The van der Waals surface area contributed by atoms with E-state index in [1.54, 1.807) is 6.20 Å². The third kappa shape index (κ3) is 3.29. The molecular weight excluding hydrogens is 338 g/mol. The molecule has 0 amide bonds. The molecule has 2 N–H and O–H groups in total. The minimum absolute atomic E-state index is 0. The summed E-state index contributed by atoms with van der Waals surface area (Å²) in [6.45, 7) is 4.29. The summed E-state index contributed by atoms with van der Waals surface area (Å²) in [7, 11) is 0. The Bertz CT molecular complexity index is 1080. The fraction of sp³-hybridized carbons (Fsp3) is 0.143. The Morgan fingerprint density at radius 1 is 0.926 bits per heavy atom. The summed E-state index contributed by atoms with van der Waals surface area (Å²) in [6, 6.07) is 17.7. The summed E-state index contributed by atoms with van der Waals surface area (Å²) in [6.07, 6.45) is 1.68. The van der Waals surface area contributed by atoms with Crippen molar-refractivity contribution in [2.75, 3.05) is 5.73 Å². The summed E-state index contributed by atoms with van der Waals surface area (Å²) in [4.78, 5) is 8.98. The first-order chi connectivity index (χ1) is 13.1. The Kier molecular flexibility index (Phi) is 4.38. The number of nitrogens with zero attached hydrogens (tertiary/aromatic N) is 4. The molecule has 4 aromatic rings. The van der Waals surface area contributed by atoms with E-state index in [9.17, 15) is 0 Å². The van der Waals surface area contributed by atoms with Gasteiger partial charge in [0, 0.05) is 14.0 Å². The van der Waals surface area contributed by atoms with Gasteiger partial charge < -0.3 is 10.2 Å². The first-order valence-electron chi connectivity index (χ1n) is 8.74. The lowest BCUT2D eigenvalue weighted by atomic mass is 9.95. The van der Waals surface area contributed by atoms with Crippen molar-refractivity contribution in [3.63, 3.8) is 0 Å². The van der Waals surface area contributed by atoms with E-state index in [0.29, 0.717) is 17.5 Å². The largest absolute Gasteiger partial charge is 0.414 e. The minimum atomic E-state index is 0. The highest BCUT2D eigenvalue weighted by molar-refractivity contribution is 5.70. The Balaban J connectivity index is 0.00000150. The molecule has 27 heavy (non-hydrogen) atoms. The van der Waals surface area contributed by atoms with Crippen LogP contribution in [-0.2, 0) is 0 Å². The topological polar surface area (TPSA) is 90.7 Å². The molecule has 2 heterocycles. The van der Waals surface area contributed by atoms with Crippen molar-refractivity contribution >= 4 is 5.82 Å². The van der Waals surface area contributed by atoms with Crippen molar-refractivity contribution in [1.82, 2.24) is 20.2 Å². The Morgan fingerprint density at radius 3 is 2.41 bits per heavy atom. The molecule has 2 aromatic heterocycles. The van der Waals surface area contributed by atoms with E-state index in [4.69, 9.17) is 10.2 Å². The SMILES string of the molecule is CC(C)c1ccccc1-c1cnc(N)c(-c2nnc(-c3ccccc3)o2)n1.[HH].[HH].